The smallest absolute Gasteiger partial charge is 0.143 e. The lowest BCUT2D eigenvalue weighted by Gasteiger charge is -2.03. The molecule has 3 N–H and O–H groups in total. The molecule has 0 atom stereocenters. The molecule has 0 aromatic carbocycles. The zero-order valence-corrected chi connectivity index (χ0v) is 6.66. The topological polar surface area (TPSA) is 60.2 Å². The van der Waals surface area contributed by atoms with Gasteiger partial charge < -0.3 is 10.2 Å². The molecule has 0 amide bonds. The first kappa shape index (κ1) is 8.55. The normalized spacial score (nSPS) is 9.08. The van der Waals surface area contributed by atoms with Crippen LogP contribution in [0.25, 0.3) is 0 Å². The molecule has 4 nitrogen and oxygen atoms in total. The van der Waals surface area contributed by atoms with Crippen molar-refractivity contribution in [1.82, 2.24) is 4.98 Å². The second kappa shape index (κ2) is 4.35. The second-order valence-corrected chi connectivity index (χ2v) is 2.12. The average Bonchev–Trinajstić information content (AvgIpc) is 2.15. The third kappa shape index (κ3) is 2.25. The van der Waals surface area contributed by atoms with Gasteiger partial charge in [0.25, 0.3) is 0 Å². The molecule has 0 bridgehead atoms. The fourth-order valence-corrected chi connectivity index (χ4v) is 0.735. The molecule has 1 rings (SSSR count). The van der Waals surface area contributed by atoms with Crippen molar-refractivity contribution in [3.63, 3.8) is 0 Å². The predicted molar refractivity (Wildman–Crippen MR) is 47.7 cm³/mol. The number of ether oxygens (including phenoxy) is 1. The van der Waals surface area contributed by atoms with Crippen LogP contribution in [0.15, 0.2) is 31.0 Å². The lowest BCUT2D eigenvalue weighted by atomic mass is 10.4. The predicted octanol–water partition coefficient (Wildman–Crippen LogP) is 0.932. The van der Waals surface area contributed by atoms with E-state index in [0.29, 0.717) is 12.4 Å². The molecule has 12 heavy (non-hydrogen) atoms. The highest BCUT2D eigenvalue weighted by molar-refractivity contribution is 5.39. The van der Waals surface area contributed by atoms with Gasteiger partial charge in [-0.2, -0.15) is 0 Å². The van der Waals surface area contributed by atoms with E-state index in [1.54, 1.807) is 24.4 Å². The SMILES string of the molecule is C=CCOc1ccnc(NN)c1. The minimum absolute atomic E-state index is 0.480. The molecule has 1 aromatic heterocycles. The number of pyridine rings is 1. The Kier molecular flexibility index (Phi) is 3.10. The number of hydrazine groups is 1. The van der Waals surface area contributed by atoms with E-state index >= 15 is 0 Å². The molecular formula is C8H11N3O. The highest BCUT2D eigenvalue weighted by Gasteiger charge is 1.93. The lowest BCUT2D eigenvalue weighted by Crippen LogP contribution is -2.08. The maximum atomic E-state index is 5.24. The molecule has 0 aliphatic carbocycles. The van der Waals surface area contributed by atoms with Gasteiger partial charge in [-0.05, 0) is 6.07 Å². The van der Waals surface area contributed by atoms with Gasteiger partial charge in [0.2, 0.25) is 0 Å². The molecule has 1 heterocycles. The summed E-state index contributed by atoms with van der Waals surface area (Å²) in [7, 11) is 0. The Morgan fingerprint density at radius 2 is 2.58 bits per heavy atom. The number of rotatable bonds is 4. The summed E-state index contributed by atoms with van der Waals surface area (Å²) in [5, 5.41) is 0. The summed E-state index contributed by atoms with van der Waals surface area (Å²) < 4.78 is 5.24. The van der Waals surface area contributed by atoms with Gasteiger partial charge in [0.1, 0.15) is 18.2 Å². The van der Waals surface area contributed by atoms with Crippen molar-refractivity contribution in [1.29, 1.82) is 0 Å². The standard InChI is InChI=1S/C8H11N3O/c1-2-5-12-7-3-4-10-8(6-7)11-9/h2-4,6H,1,5,9H2,(H,10,11). The third-order valence-corrected chi connectivity index (χ3v) is 1.25. The number of nitrogens with zero attached hydrogens (tertiary/aromatic N) is 1. The Hall–Kier alpha value is -1.55. The van der Waals surface area contributed by atoms with Crippen molar-refractivity contribution in [2.45, 2.75) is 0 Å². The molecule has 0 radical (unpaired) electrons. The van der Waals surface area contributed by atoms with E-state index in [1.807, 2.05) is 0 Å². The van der Waals surface area contributed by atoms with E-state index in [1.165, 1.54) is 0 Å². The third-order valence-electron chi connectivity index (χ3n) is 1.25. The lowest BCUT2D eigenvalue weighted by molar-refractivity contribution is 0.363. The Balaban J connectivity index is 2.65. The van der Waals surface area contributed by atoms with Crippen molar-refractivity contribution in [3.05, 3.63) is 31.0 Å². The Morgan fingerprint density at radius 3 is 3.25 bits per heavy atom. The molecule has 0 aliphatic rings. The van der Waals surface area contributed by atoms with Crippen molar-refractivity contribution in [2.75, 3.05) is 12.0 Å². The summed E-state index contributed by atoms with van der Waals surface area (Å²) in [6.45, 7) is 4.02. The fourth-order valence-electron chi connectivity index (χ4n) is 0.735. The van der Waals surface area contributed by atoms with Gasteiger partial charge in [-0.25, -0.2) is 10.8 Å². The first-order chi connectivity index (χ1) is 5.86. The van der Waals surface area contributed by atoms with Gasteiger partial charge in [-0.15, -0.1) is 0 Å². The maximum Gasteiger partial charge on any atom is 0.143 e. The van der Waals surface area contributed by atoms with Crippen molar-refractivity contribution in [2.24, 2.45) is 5.84 Å². The van der Waals surface area contributed by atoms with Crippen LogP contribution in [0.3, 0.4) is 0 Å². The summed E-state index contributed by atoms with van der Waals surface area (Å²) in [6, 6.07) is 3.47. The van der Waals surface area contributed by atoms with E-state index < -0.39 is 0 Å². The van der Waals surface area contributed by atoms with E-state index in [0.717, 1.165) is 5.75 Å². The van der Waals surface area contributed by atoms with Crippen molar-refractivity contribution in [3.8, 4) is 5.75 Å². The molecule has 0 spiro atoms. The molecule has 64 valence electrons. The first-order valence-electron chi connectivity index (χ1n) is 3.53. The largest absolute Gasteiger partial charge is 0.489 e. The van der Waals surface area contributed by atoms with Crippen LogP contribution in [-0.4, -0.2) is 11.6 Å². The highest BCUT2D eigenvalue weighted by Crippen LogP contribution is 2.12. The summed E-state index contributed by atoms with van der Waals surface area (Å²) in [4.78, 5) is 3.92. The average molecular weight is 165 g/mol. The van der Waals surface area contributed by atoms with Crippen LogP contribution < -0.4 is 16.0 Å². The van der Waals surface area contributed by atoms with Gasteiger partial charge in [-0.3, -0.25) is 0 Å². The number of nitrogens with one attached hydrogen (secondary N) is 1. The summed E-state index contributed by atoms with van der Waals surface area (Å²) >= 11 is 0. The number of nitrogens with two attached hydrogens (primary N) is 1. The second-order valence-electron chi connectivity index (χ2n) is 2.12. The van der Waals surface area contributed by atoms with E-state index in [4.69, 9.17) is 10.6 Å². The van der Waals surface area contributed by atoms with Crippen LogP contribution >= 0.6 is 0 Å². The molecular weight excluding hydrogens is 154 g/mol. The Labute approximate surface area is 71.0 Å². The minimum Gasteiger partial charge on any atom is -0.489 e. The number of nitrogen functional groups attached to an aromatic ring is 1. The van der Waals surface area contributed by atoms with E-state index in [-0.39, 0.29) is 0 Å². The zero-order valence-electron chi connectivity index (χ0n) is 6.66. The molecule has 0 unspecified atom stereocenters. The molecule has 0 saturated heterocycles. The fraction of sp³-hybridized carbons (Fsp3) is 0.125. The monoisotopic (exact) mass is 165 g/mol. The van der Waals surface area contributed by atoms with E-state index in [9.17, 15) is 0 Å². The summed E-state index contributed by atoms with van der Waals surface area (Å²) in [6.07, 6.45) is 3.30. The van der Waals surface area contributed by atoms with Gasteiger partial charge in [0.05, 0.1) is 0 Å². The van der Waals surface area contributed by atoms with Crippen LogP contribution in [-0.2, 0) is 0 Å². The van der Waals surface area contributed by atoms with Crippen LogP contribution in [0.1, 0.15) is 0 Å². The number of aromatic nitrogens is 1. The van der Waals surface area contributed by atoms with Crippen LogP contribution in [0.5, 0.6) is 5.75 Å². The van der Waals surface area contributed by atoms with Crippen molar-refractivity contribution >= 4 is 5.82 Å². The first-order valence-corrected chi connectivity index (χ1v) is 3.53. The van der Waals surface area contributed by atoms with Gasteiger partial charge in [0, 0.05) is 12.3 Å². The zero-order chi connectivity index (χ0) is 8.81. The summed E-state index contributed by atoms with van der Waals surface area (Å²) in [5.74, 6) is 6.46. The van der Waals surface area contributed by atoms with E-state index in [2.05, 4.69) is 17.0 Å². The summed E-state index contributed by atoms with van der Waals surface area (Å²) in [5.41, 5.74) is 2.43. The quantitative estimate of drug-likeness (QED) is 0.396. The maximum absolute atomic E-state index is 5.24. The minimum atomic E-state index is 0.480. The Bertz CT molecular complexity index is 262. The molecule has 4 heteroatoms. The molecule has 1 aromatic rings. The Morgan fingerprint density at radius 1 is 1.75 bits per heavy atom. The van der Waals surface area contributed by atoms with Gasteiger partial charge in [0.15, 0.2) is 0 Å². The molecule has 0 saturated carbocycles. The number of anilines is 1. The van der Waals surface area contributed by atoms with Crippen LogP contribution in [0.4, 0.5) is 5.82 Å². The number of hydrogen-bond acceptors (Lipinski definition) is 4. The molecule has 0 fully saturated rings. The van der Waals surface area contributed by atoms with Crippen LogP contribution in [0, 0.1) is 0 Å². The van der Waals surface area contributed by atoms with Crippen LogP contribution in [0.2, 0.25) is 0 Å². The highest BCUT2D eigenvalue weighted by atomic mass is 16.5. The van der Waals surface area contributed by atoms with Crippen molar-refractivity contribution < 1.29 is 4.74 Å². The molecule has 0 aliphatic heterocycles. The van der Waals surface area contributed by atoms with Gasteiger partial charge >= 0.3 is 0 Å². The number of hydrogen-bond donors (Lipinski definition) is 2. The van der Waals surface area contributed by atoms with Gasteiger partial charge in [-0.1, -0.05) is 12.7 Å².